The summed E-state index contributed by atoms with van der Waals surface area (Å²) in [5, 5.41) is 0. The first-order valence-electron chi connectivity index (χ1n) is 6.96. The van der Waals surface area contributed by atoms with E-state index in [4.69, 9.17) is 15.2 Å². The van der Waals surface area contributed by atoms with Crippen molar-refractivity contribution in [1.82, 2.24) is 4.72 Å². The summed E-state index contributed by atoms with van der Waals surface area (Å²) in [4.78, 5) is 0. The molecule has 1 atom stereocenters. The van der Waals surface area contributed by atoms with Gasteiger partial charge in [0.15, 0.2) is 0 Å². The minimum atomic E-state index is -3.40. The van der Waals surface area contributed by atoms with Crippen LogP contribution in [0.5, 0.6) is 5.75 Å². The second-order valence-electron chi connectivity index (χ2n) is 5.56. The summed E-state index contributed by atoms with van der Waals surface area (Å²) < 4.78 is 37.6. The van der Waals surface area contributed by atoms with E-state index in [1.54, 1.807) is 24.3 Å². The summed E-state index contributed by atoms with van der Waals surface area (Å²) in [5.41, 5.74) is 5.70. The Morgan fingerprint density at radius 1 is 1.38 bits per heavy atom. The van der Waals surface area contributed by atoms with Crippen LogP contribution in [-0.4, -0.2) is 39.5 Å². The van der Waals surface area contributed by atoms with Gasteiger partial charge in [0.2, 0.25) is 10.0 Å². The second-order valence-corrected chi connectivity index (χ2v) is 7.40. The van der Waals surface area contributed by atoms with Crippen LogP contribution in [-0.2, 0) is 14.8 Å². The van der Waals surface area contributed by atoms with Crippen molar-refractivity contribution in [3.05, 3.63) is 24.3 Å². The Labute approximate surface area is 125 Å². The van der Waals surface area contributed by atoms with Crippen molar-refractivity contribution < 1.29 is 17.9 Å². The molecule has 1 fully saturated rings. The lowest BCUT2D eigenvalue weighted by molar-refractivity contribution is 0.0386. The number of rotatable bonds is 6. The maximum Gasteiger partial charge on any atom is 0.215 e. The van der Waals surface area contributed by atoms with Crippen molar-refractivity contribution in [2.24, 2.45) is 0 Å². The van der Waals surface area contributed by atoms with Gasteiger partial charge in [-0.05, 0) is 44.0 Å². The van der Waals surface area contributed by atoms with E-state index in [9.17, 15) is 8.42 Å². The van der Waals surface area contributed by atoms with E-state index in [0.29, 0.717) is 24.7 Å². The van der Waals surface area contributed by atoms with Gasteiger partial charge in [-0.3, -0.25) is 0 Å². The summed E-state index contributed by atoms with van der Waals surface area (Å²) in [5.74, 6) is 0.513. The normalized spacial score (nSPS) is 22.9. The Morgan fingerprint density at radius 2 is 2.10 bits per heavy atom. The third-order valence-electron chi connectivity index (χ3n) is 3.34. The van der Waals surface area contributed by atoms with Crippen molar-refractivity contribution in [3.63, 3.8) is 0 Å². The van der Waals surface area contributed by atoms with Crippen molar-refractivity contribution in [3.8, 4) is 5.75 Å². The predicted octanol–water partition coefficient (Wildman–Crippen LogP) is 1.14. The van der Waals surface area contributed by atoms with Crippen molar-refractivity contribution in [2.45, 2.75) is 25.3 Å². The molecule has 6 nitrogen and oxygen atoms in total. The van der Waals surface area contributed by atoms with Crippen LogP contribution in [0.1, 0.15) is 19.8 Å². The Morgan fingerprint density at radius 3 is 2.71 bits per heavy atom. The number of benzene rings is 1. The minimum absolute atomic E-state index is 0.0903. The molecule has 2 rings (SSSR count). The number of nitrogens with two attached hydrogens (primary N) is 1. The second kappa shape index (κ2) is 6.64. The number of ether oxygens (including phenoxy) is 2. The van der Waals surface area contributed by atoms with Crippen molar-refractivity contribution in [2.75, 3.05) is 31.3 Å². The monoisotopic (exact) mass is 314 g/mol. The molecule has 0 saturated carbocycles. The maximum absolute atomic E-state index is 12.1. The third kappa shape index (κ3) is 5.18. The average Bonchev–Trinajstić information content (AvgIpc) is 2.40. The summed E-state index contributed by atoms with van der Waals surface area (Å²) >= 11 is 0. The summed E-state index contributed by atoms with van der Waals surface area (Å²) in [7, 11) is -3.40. The molecule has 1 aromatic rings. The van der Waals surface area contributed by atoms with E-state index in [0.717, 1.165) is 12.8 Å². The zero-order valence-corrected chi connectivity index (χ0v) is 13.0. The highest BCUT2D eigenvalue weighted by molar-refractivity contribution is 7.89. The highest BCUT2D eigenvalue weighted by atomic mass is 32.2. The first-order valence-corrected chi connectivity index (χ1v) is 8.62. The fourth-order valence-corrected chi connectivity index (χ4v) is 3.59. The van der Waals surface area contributed by atoms with Crippen molar-refractivity contribution in [1.29, 1.82) is 0 Å². The van der Waals surface area contributed by atoms with Gasteiger partial charge in [0.25, 0.3) is 0 Å². The smallest absolute Gasteiger partial charge is 0.215 e. The highest BCUT2D eigenvalue weighted by Gasteiger charge is 2.31. The molecule has 118 valence electrons. The Kier molecular flexibility index (Phi) is 5.08. The average molecular weight is 314 g/mol. The van der Waals surface area contributed by atoms with E-state index in [1.807, 2.05) is 6.92 Å². The van der Waals surface area contributed by atoms with Crippen LogP contribution in [0.4, 0.5) is 5.69 Å². The summed E-state index contributed by atoms with van der Waals surface area (Å²) in [6, 6.07) is 6.85. The van der Waals surface area contributed by atoms with Gasteiger partial charge in [-0.25, -0.2) is 13.1 Å². The van der Waals surface area contributed by atoms with Crippen LogP contribution in [0.3, 0.4) is 0 Å². The quantitative estimate of drug-likeness (QED) is 0.768. The topological polar surface area (TPSA) is 90.7 Å². The number of nitrogen functional groups attached to an aromatic ring is 1. The molecule has 21 heavy (non-hydrogen) atoms. The van der Waals surface area contributed by atoms with Gasteiger partial charge >= 0.3 is 0 Å². The molecule has 0 bridgehead atoms. The largest absolute Gasteiger partial charge is 0.492 e. The molecule has 1 aliphatic heterocycles. The van der Waals surface area contributed by atoms with Crippen LogP contribution in [0.2, 0.25) is 0 Å². The van der Waals surface area contributed by atoms with Gasteiger partial charge in [-0.2, -0.15) is 0 Å². The number of sulfonamides is 1. The first kappa shape index (κ1) is 16.1. The lowest BCUT2D eigenvalue weighted by Gasteiger charge is -2.33. The van der Waals surface area contributed by atoms with Crippen molar-refractivity contribution >= 4 is 15.7 Å². The molecular weight excluding hydrogens is 292 g/mol. The summed E-state index contributed by atoms with van der Waals surface area (Å²) in [6.07, 6.45) is 1.64. The fourth-order valence-electron chi connectivity index (χ4n) is 2.27. The molecule has 1 aromatic carbocycles. The highest BCUT2D eigenvalue weighted by Crippen LogP contribution is 2.19. The molecule has 0 radical (unpaired) electrons. The SMILES string of the molecule is CC1(NS(=O)(=O)CCOc2ccc(N)cc2)CCCOC1. The lowest BCUT2D eigenvalue weighted by Crippen LogP contribution is -2.52. The maximum atomic E-state index is 12.1. The van der Waals surface area contributed by atoms with Crippen LogP contribution in [0, 0.1) is 0 Å². The number of nitrogens with one attached hydrogen (secondary N) is 1. The van der Waals surface area contributed by atoms with Gasteiger partial charge in [-0.15, -0.1) is 0 Å². The van der Waals surface area contributed by atoms with Gasteiger partial charge in [-0.1, -0.05) is 0 Å². The van der Waals surface area contributed by atoms with E-state index in [1.165, 1.54) is 0 Å². The molecule has 1 unspecified atom stereocenters. The van der Waals surface area contributed by atoms with E-state index in [2.05, 4.69) is 4.72 Å². The Bertz CT molecular complexity index is 551. The number of hydrogen-bond donors (Lipinski definition) is 2. The molecule has 0 amide bonds. The number of anilines is 1. The van der Waals surface area contributed by atoms with Crippen LogP contribution >= 0.6 is 0 Å². The lowest BCUT2D eigenvalue weighted by atomic mass is 9.97. The van der Waals surface area contributed by atoms with E-state index >= 15 is 0 Å². The van der Waals surface area contributed by atoms with Gasteiger partial charge in [0, 0.05) is 12.3 Å². The molecule has 7 heteroatoms. The molecule has 1 saturated heterocycles. The molecule has 0 aliphatic carbocycles. The molecule has 0 aromatic heterocycles. The zero-order valence-electron chi connectivity index (χ0n) is 12.2. The fraction of sp³-hybridized carbons (Fsp3) is 0.571. The summed E-state index contributed by atoms with van der Waals surface area (Å²) in [6.45, 7) is 3.06. The van der Waals surface area contributed by atoms with Crippen LogP contribution in [0.15, 0.2) is 24.3 Å². The Balaban J connectivity index is 1.82. The predicted molar refractivity (Wildman–Crippen MR) is 81.7 cm³/mol. The van der Waals surface area contributed by atoms with Crippen LogP contribution < -0.4 is 15.2 Å². The Hall–Kier alpha value is -1.31. The van der Waals surface area contributed by atoms with Gasteiger partial charge in [0.1, 0.15) is 12.4 Å². The molecule has 0 spiro atoms. The van der Waals surface area contributed by atoms with Crippen LogP contribution in [0.25, 0.3) is 0 Å². The first-order chi connectivity index (χ1) is 9.89. The number of hydrogen-bond acceptors (Lipinski definition) is 5. The van der Waals surface area contributed by atoms with E-state index < -0.39 is 15.6 Å². The van der Waals surface area contributed by atoms with E-state index in [-0.39, 0.29) is 12.4 Å². The van der Waals surface area contributed by atoms with Gasteiger partial charge in [0.05, 0.1) is 17.9 Å². The third-order valence-corrected chi connectivity index (χ3v) is 4.85. The zero-order chi connectivity index (χ0) is 15.3. The molecule has 3 N–H and O–H groups in total. The molecule has 1 heterocycles. The standard InChI is InChI=1S/C14H22N2O4S/c1-14(7-2-8-19-11-14)16-21(17,18)10-9-20-13-5-3-12(15)4-6-13/h3-6,16H,2,7-11,15H2,1H3. The van der Waals surface area contributed by atoms with Gasteiger partial charge < -0.3 is 15.2 Å². The molecule has 1 aliphatic rings. The minimum Gasteiger partial charge on any atom is -0.492 e. The molecular formula is C14H22N2O4S.